The van der Waals surface area contributed by atoms with Gasteiger partial charge in [0.25, 0.3) is 5.91 Å². The van der Waals surface area contributed by atoms with Gasteiger partial charge in [-0.1, -0.05) is 18.2 Å². The van der Waals surface area contributed by atoms with E-state index in [-0.39, 0.29) is 16.1 Å². The maximum absolute atomic E-state index is 13.2. The molecular weight excluding hydrogens is 419 g/mol. The van der Waals surface area contributed by atoms with Crippen molar-refractivity contribution < 1.29 is 31.2 Å². The highest BCUT2D eigenvalue weighted by molar-refractivity contribution is 7.92. The summed E-state index contributed by atoms with van der Waals surface area (Å²) < 4.78 is 64.3. The van der Waals surface area contributed by atoms with Gasteiger partial charge in [-0.05, 0) is 23.6 Å². The maximum Gasteiger partial charge on any atom is 0.431 e. The summed E-state index contributed by atoms with van der Waals surface area (Å²) in [6.07, 6.45) is -5.13. The third kappa shape index (κ3) is 6.16. The summed E-state index contributed by atoms with van der Waals surface area (Å²) >= 11 is 0.988. The number of carbonyl (C=O) groups is 2. The van der Waals surface area contributed by atoms with Gasteiger partial charge in [0.15, 0.2) is 5.78 Å². The van der Waals surface area contributed by atoms with Crippen molar-refractivity contribution >= 4 is 44.4 Å². The van der Waals surface area contributed by atoms with Crippen molar-refractivity contribution in [2.75, 3.05) is 11.0 Å². The SMILES string of the molecule is CS(=O)(=O)Nc1ccccc1C(=O)NN=C(CC(=O)c1cccs1)C(F)(F)F. The Morgan fingerprint density at radius 2 is 1.82 bits per heavy atom. The molecule has 2 aromatic rings. The van der Waals surface area contributed by atoms with Crippen LogP contribution in [0.3, 0.4) is 0 Å². The van der Waals surface area contributed by atoms with Gasteiger partial charge in [0.2, 0.25) is 10.0 Å². The van der Waals surface area contributed by atoms with E-state index in [1.165, 1.54) is 36.4 Å². The van der Waals surface area contributed by atoms with Gasteiger partial charge >= 0.3 is 6.18 Å². The number of anilines is 1. The molecule has 1 amide bonds. The molecule has 0 aliphatic rings. The molecule has 0 fully saturated rings. The molecule has 0 bridgehead atoms. The lowest BCUT2D eigenvalue weighted by atomic mass is 10.1. The largest absolute Gasteiger partial charge is 0.431 e. The van der Waals surface area contributed by atoms with Crippen molar-refractivity contribution in [3.63, 3.8) is 0 Å². The number of nitrogens with one attached hydrogen (secondary N) is 2. The Labute approximate surface area is 162 Å². The number of ketones is 1. The second-order valence-electron chi connectivity index (χ2n) is 5.49. The van der Waals surface area contributed by atoms with E-state index in [1.807, 2.05) is 0 Å². The molecule has 1 aromatic heterocycles. The zero-order chi connectivity index (χ0) is 20.9. The number of carbonyl (C=O) groups excluding carboxylic acids is 2. The first-order valence-electron chi connectivity index (χ1n) is 7.55. The normalized spacial score (nSPS) is 12.5. The lowest BCUT2D eigenvalue weighted by molar-refractivity contribution is -0.0605. The number of amides is 1. The molecule has 0 spiro atoms. The number of thiophene rings is 1. The van der Waals surface area contributed by atoms with Crippen LogP contribution in [0.2, 0.25) is 0 Å². The molecule has 150 valence electrons. The standard InChI is InChI=1S/C16H14F3N3O4S2/c1-28(25,26)22-11-6-3-2-5-10(11)15(24)21-20-14(16(17,18)19)9-12(23)13-7-4-8-27-13/h2-8,22H,9H2,1H3,(H,21,24). The molecule has 2 rings (SSSR count). The minimum Gasteiger partial charge on any atom is -0.293 e. The summed E-state index contributed by atoms with van der Waals surface area (Å²) in [5.41, 5.74) is -0.109. The fraction of sp³-hybridized carbons (Fsp3) is 0.188. The van der Waals surface area contributed by atoms with E-state index in [0.717, 1.165) is 17.6 Å². The van der Waals surface area contributed by atoms with Crippen LogP contribution < -0.4 is 10.1 Å². The summed E-state index contributed by atoms with van der Waals surface area (Å²) in [6.45, 7) is 0. The van der Waals surface area contributed by atoms with Gasteiger partial charge < -0.3 is 0 Å². The average molecular weight is 433 g/mol. The molecule has 7 nitrogen and oxygen atoms in total. The first-order chi connectivity index (χ1) is 13.0. The molecule has 0 saturated heterocycles. The second kappa shape index (κ2) is 8.52. The van der Waals surface area contributed by atoms with Crippen molar-refractivity contribution in [2.45, 2.75) is 12.6 Å². The van der Waals surface area contributed by atoms with Gasteiger partial charge in [-0.15, -0.1) is 11.3 Å². The van der Waals surface area contributed by atoms with Crippen molar-refractivity contribution in [1.82, 2.24) is 5.43 Å². The first kappa shape index (κ1) is 21.6. The van der Waals surface area contributed by atoms with Crippen LogP contribution in [0.1, 0.15) is 26.5 Å². The summed E-state index contributed by atoms with van der Waals surface area (Å²) in [5.74, 6) is -1.86. The summed E-state index contributed by atoms with van der Waals surface area (Å²) in [6, 6.07) is 8.22. The third-order valence-corrected chi connectivity index (χ3v) is 4.71. The number of benzene rings is 1. The van der Waals surface area contributed by atoms with Gasteiger partial charge in [0.05, 0.1) is 28.8 Å². The summed E-state index contributed by atoms with van der Waals surface area (Å²) in [5, 5.41) is 4.60. The molecule has 2 N–H and O–H groups in total. The maximum atomic E-state index is 13.2. The molecule has 0 aliphatic carbocycles. The average Bonchev–Trinajstić information content (AvgIpc) is 3.10. The van der Waals surface area contributed by atoms with Crippen molar-refractivity contribution in [3.8, 4) is 0 Å². The molecule has 0 unspecified atom stereocenters. The Morgan fingerprint density at radius 3 is 2.39 bits per heavy atom. The Balaban J connectivity index is 2.23. The zero-order valence-electron chi connectivity index (χ0n) is 14.3. The third-order valence-electron chi connectivity index (χ3n) is 3.21. The molecule has 0 radical (unpaired) electrons. The Morgan fingerprint density at radius 1 is 1.14 bits per heavy atom. The number of halogens is 3. The van der Waals surface area contributed by atoms with Crippen LogP contribution in [0.25, 0.3) is 0 Å². The lowest BCUT2D eigenvalue weighted by Gasteiger charge is -2.11. The molecule has 0 atom stereocenters. The highest BCUT2D eigenvalue weighted by atomic mass is 32.2. The fourth-order valence-corrected chi connectivity index (χ4v) is 3.27. The van der Waals surface area contributed by atoms with Crippen LogP contribution in [-0.4, -0.2) is 38.3 Å². The number of Topliss-reactive ketones (excluding diaryl/α,β-unsaturated/α-hetero) is 1. The van der Waals surface area contributed by atoms with Gasteiger partial charge in [-0.25, -0.2) is 13.8 Å². The van der Waals surface area contributed by atoms with Gasteiger partial charge in [-0.3, -0.25) is 14.3 Å². The minimum atomic E-state index is -4.94. The highest BCUT2D eigenvalue weighted by Crippen LogP contribution is 2.22. The Bertz CT molecular complexity index is 1000. The van der Waals surface area contributed by atoms with E-state index >= 15 is 0 Å². The van der Waals surface area contributed by atoms with Crippen LogP contribution >= 0.6 is 11.3 Å². The molecule has 0 saturated carbocycles. The molecule has 1 aromatic carbocycles. The number of hydrogen-bond donors (Lipinski definition) is 2. The summed E-state index contributed by atoms with van der Waals surface area (Å²) in [4.78, 5) is 24.3. The number of sulfonamides is 1. The Hall–Kier alpha value is -2.73. The number of hydrazone groups is 1. The zero-order valence-corrected chi connectivity index (χ0v) is 15.9. The van der Waals surface area contributed by atoms with Crippen molar-refractivity contribution in [2.24, 2.45) is 5.10 Å². The van der Waals surface area contributed by atoms with Crippen LogP contribution in [-0.2, 0) is 10.0 Å². The number of rotatable bonds is 7. The van der Waals surface area contributed by atoms with E-state index in [4.69, 9.17) is 0 Å². The smallest absolute Gasteiger partial charge is 0.293 e. The van der Waals surface area contributed by atoms with E-state index in [0.29, 0.717) is 0 Å². The van der Waals surface area contributed by atoms with Crippen molar-refractivity contribution in [3.05, 3.63) is 52.2 Å². The predicted octanol–water partition coefficient (Wildman–Crippen LogP) is 3.04. The minimum absolute atomic E-state index is 0.124. The van der Waals surface area contributed by atoms with Crippen LogP contribution in [0.4, 0.5) is 18.9 Å². The number of nitrogens with zero attached hydrogens (tertiary/aromatic N) is 1. The molecule has 1 heterocycles. The van der Waals surface area contributed by atoms with Gasteiger partial charge in [0, 0.05) is 0 Å². The van der Waals surface area contributed by atoms with Gasteiger partial charge in [-0.2, -0.15) is 18.3 Å². The first-order valence-corrected chi connectivity index (χ1v) is 10.3. The number of hydrogen-bond acceptors (Lipinski definition) is 6. The summed E-state index contributed by atoms with van der Waals surface area (Å²) in [7, 11) is -3.72. The number of para-hydroxylation sites is 1. The highest BCUT2D eigenvalue weighted by Gasteiger charge is 2.37. The van der Waals surface area contributed by atoms with Crippen LogP contribution in [0.15, 0.2) is 46.9 Å². The van der Waals surface area contributed by atoms with Crippen LogP contribution in [0, 0.1) is 0 Å². The lowest BCUT2D eigenvalue weighted by Crippen LogP contribution is -2.30. The second-order valence-corrected chi connectivity index (χ2v) is 8.19. The molecule has 0 aliphatic heterocycles. The van der Waals surface area contributed by atoms with E-state index in [1.54, 1.807) is 10.8 Å². The predicted molar refractivity (Wildman–Crippen MR) is 99.1 cm³/mol. The molecule has 28 heavy (non-hydrogen) atoms. The van der Waals surface area contributed by atoms with Gasteiger partial charge in [0.1, 0.15) is 5.71 Å². The molecular formula is C16H14F3N3O4S2. The topological polar surface area (TPSA) is 105 Å². The molecule has 12 heteroatoms. The monoisotopic (exact) mass is 433 g/mol. The Kier molecular flexibility index (Phi) is 6.56. The fourth-order valence-electron chi connectivity index (χ4n) is 2.03. The van der Waals surface area contributed by atoms with Crippen LogP contribution in [0.5, 0.6) is 0 Å². The van der Waals surface area contributed by atoms with Crippen molar-refractivity contribution in [1.29, 1.82) is 0 Å². The van der Waals surface area contributed by atoms with E-state index in [2.05, 4.69) is 9.82 Å². The quantitative estimate of drug-likeness (QED) is 0.398. The van der Waals surface area contributed by atoms with E-state index < -0.39 is 40.0 Å². The number of alkyl halides is 3. The van der Waals surface area contributed by atoms with E-state index in [9.17, 15) is 31.2 Å².